The SMILES string of the molecule is CCOC(=O)C1=C(c2ccccc2)N=c2s/c(=C\c3cn(Cc4ccc(F)cc4)c4ccccc34)c(=O)n2[C@@H]1c1ccc(OCC)cc1. The Kier molecular flexibility index (Phi) is 8.61. The van der Waals surface area contributed by atoms with Gasteiger partial charge in [-0.3, -0.25) is 9.36 Å². The average molecular weight is 658 g/mol. The lowest BCUT2D eigenvalue weighted by Gasteiger charge is -2.26. The number of carbonyl (C=O) groups excluding carboxylic acids is 1. The number of halogens is 1. The molecule has 0 fully saturated rings. The maximum absolute atomic E-state index is 14.4. The van der Waals surface area contributed by atoms with Crippen LogP contribution >= 0.6 is 11.3 Å². The number of benzene rings is 4. The lowest BCUT2D eigenvalue weighted by molar-refractivity contribution is -0.138. The standard InChI is InChI=1S/C39H32FN3O4S/c1-3-46-30-20-16-27(17-21-30)36-34(38(45)47-4-2)35(26-10-6-5-7-11-26)41-39-43(36)37(44)33(48-39)22-28-24-42(32-13-9-8-12-31(28)32)23-25-14-18-29(40)19-15-25/h5-22,24,36H,3-4,23H2,1-2H3/b33-22-/t36-/m1/s1. The molecule has 6 aromatic rings. The Bertz CT molecular complexity index is 2340. The maximum Gasteiger partial charge on any atom is 0.338 e. The number of hydrogen-bond donors (Lipinski definition) is 0. The first-order valence-corrected chi connectivity index (χ1v) is 16.6. The largest absolute Gasteiger partial charge is 0.494 e. The monoisotopic (exact) mass is 657 g/mol. The van der Waals surface area contributed by atoms with E-state index in [0.29, 0.717) is 39.5 Å². The molecule has 7 nitrogen and oxygen atoms in total. The molecule has 1 aliphatic rings. The Morgan fingerprint density at radius 2 is 1.65 bits per heavy atom. The molecule has 1 aliphatic heterocycles. The van der Waals surface area contributed by atoms with E-state index in [1.807, 2.05) is 98.1 Å². The first-order chi connectivity index (χ1) is 23.4. The van der Waals surface area contributed by atoms with Crippen molar-refractivity contribution in [2.75, 3.05) is 13.2 Å². The van der Waals surface area contributed by atoms with Crippen molar-refractivity contribution in [1.29, 1.82) is 0 Å². The Balaban J connectivity index is 1.43. The molecule has 0 saturated carbocycles. The van der Waals surface area contributed by atoms with Crippen LogP contribution < -0.4 is 19.6 Å². The van der Waals surface area contributed by atoms with Gasteiger partial charge in [0.15, 0.2) is 4.80 Å². The van der Waals surface area contributed by atoms with E-state index in [4.69, 9.17) is 14.5 Å². The molecule has 0 radical (unpaired) electrons. The van der Waals surface area contributed by atoms with Crippen LogP contribution in [0.4, 0.5) is 4.39 Å². The summed E-state index contributed by atoms with van der Waals surface area (Å²) in [6.07, 6.45) is 3.90. The second-order valence-corrected chi connectivity index (χ2v) is 12.3. The second-order valence-electron chi connectivity index (χ2n) is 11.3. The average Bonchev–Trinajstić information content (AvgIpc) is 3.61. The zero-order chi connectivity index (χ0) is 33.2. The van der Waals surface area contributed by atoms with Gasteiger partial charge in [0, 0.05) is 34.8 Å². The summed E-state index contributed by atoms with van der Waals surface area (Å²) in [7, 11) is 0. The molecule has 7 rings (SSSR count). The van der Waals surface area contributed by atoms with E-state index in [0.717, 1.165) is 33.2 Å². The third kappa shape index (κ3) is 5.89. The quantitative estimate of drug-likeness (QED) is 0.167. The van der Waals surface area contributed by atoms with Crippen molar-refractivity contribution in [3.05, 3.63) is 163 Å². The zero-order valence-corrected chi connectivity index (χ0v) is 27.2. The number of nitrogens with zero attached hydrogens (tertiary/aromatic N) is 3. The van der Waals surface area contributed by atoms with Crippen LogP contribution in [-0.2, 0) is 16.1 Å². The van der Waals surface area contributed by atoms with E-state index in [1.54, 1.807) is 23.6 Å². The number of para-hydroxylation sites is 1. The summed E-state index contributed by atoms with van der Waals surface area (Å²) in [6.45, 7) is 4.90. The Morgan fingerprint density at radius 3 is 2.38 bits per heavy atom. The van der Waals surface area contributed by atoms with E-state index >= 15 is 0 Å². The predicted molar refractivity (Wildman–Crippen MR) is 186 cm³/mol. The molecule has 2 aromatic heterocycles. The van der Waals surface area contributed by atoms with Crippen molar-refractivity contribution in [3.63, 3.8) is 0 Å². The van der Waals surface area contributed by atoms with E-state index in [2.05, 4.69) is 4.57 Å². The summed E-state index contributed by atoms with van der Waals surface area (Å²) in [4.78, 5) is 33.6. The molecular weight excluding hydrogens is 626 g/mol. The topological polar surface area (TPSA) is 74.8 Å². The summed E-state index contributed by atoms with van der Waals surface area (Å²) < 4.78 is 29.0. The molecule has 0 spiro atoms. The minimum atomic E-state index is -0.784. The third-order valence-corrected chi connectivity index (χ3v) is 9.24. The van der Waals surface area contributed by atoms with Crippen molar-refractivity contribution in [1.82, 2.24) is 9.13 Å². The van der Waals surface area contributed by atoms with Crippen LogP contribution in [0.1, 0.15) is 42.1 Å². The molecule has 0 N–H and O–H groups in total. The first-order valence-electron chi connectivity index (χ1n) is 15.8. The summed E-state index contributed by atoms with van der Waals surface area (Å²) in [5.74, 6) is -0.120. The molecule has 0 aliphatic carbocycles. The summed E-state index contributed by atoms with van der Waals surface area (Å²) >= 11 is 1.28. The van der Waals surface area contributed by atoms with Gasteiger partial charge in [-0.15, -0.1) is 0 Å². The molecule has 0 unspecified atom stereocenters. The van der Waals surface area contributed by atoms with Crippen LogP contribution in [0, 0.1) is 5.82 Å². The molecular formula is C39H32FN3O4S. The van der Waals surface area contributed by atoms with Gasteiger partial charge in [-0.05, 0) is 61.4 Å². The number of ether oxygens (including phenoxy) is 2. The van der Waals surface area contributed by atoms with Crippen LogP contribution in [-0.4, -0.2) is 28.3 Å². The van der Waals surface area contributed by atoms with Gasteiger partial charge in [0.1, 0.15) is 11.6 Å². The highest BCUT2D eigenvalue weighted by molar-refractivity contribution is 7.07. The molecule has 0 saturated heterocycles. The molecule has 0 amide bonds. The van der Waals surface area contributed by atoms with Gasteiger partial charge >= 0.3 is 5.97 Å². The summed E-state index contributed by atoms with van der Waals surface area (Å²) in [5.41, 5.74) is 4.79. The summed E-state index contributed by atoms with van der Waals surface area (Å²) in [5, 5.41) is 0.977. The fraction of sp³-hybridized carbons (Fsp3) is 0.154. The van der Waals surface area contributed by atoms with E-state index < -0.39 is 12.0 Å². The normalized spacial score (nSPS) is 14.6. The Labute approximate surface area is 280 Å². The first kappa shape index (κ1) is 31.1. The fourth-order valence-electron chi connectivity index (χ4n) is 6.12. The van der Waals surface area contributed by atoms with Crippen molar-refractivity contribution >= 4 is 40.0 Å². The van der Waals surface area contributed by atoms with Crippen LogP contribution in [0.3, 0.4) is 0 Å². The molecule has 0 bridgehead atoms. The third-order valence-electron chi connectivity index (χ3n) is 8.25. The highest BCUT2D eigenvalue weighted by Gasteiger charge is 2.35. The fourth-order valence-corrected chi connectivity index (χ4v) is 7.11. The van der Waals surface area contributed by atoms with Crippen molar-refractivity contribution < 1.29 is 18.7 Å². The highest BCUT2D eigenvalue weighted by Crippen LogP contribution is 2.36. The van der Waals surface area contributed by atoms with E-state index in [9.17, 15) is 14.0 Å². The number of thiazole rings is 1. The number of carbonyl (C=O) groups is 1. The van der Waals surface area contributed by atoms with Gasteiger partial charge in [-0.1, -0.05) is 84.1 Å². The zero-order valence-electron chi connectivity index (χ0n) is 26.4. The van der Waals surface area contributed by atoms with Crippen molar-refractivity contribution in [2.45, 2.75) is 26.4 Å². The maximum atomic E-state index is 14.4. The number of aromatic nitrogens is 2. The molecule has 4 aromatic carbocycles. The van der Waals surface area contributed by atoms with Gasteiger partial charge in [0.05, 0.1) is 35.1 Å². The molecule has 1 atom stereocenters. The summed E-state index contributed by atoms with van der Waals surface area (Å²) in [6, 6.07) is 30.6. The van der Waals surface area contributed by atoms with Gasteiger partial charge in [-0.2, -0.15) is 0 Å². The van der Waals surface area contributed by atoms with Gasteiger partial charge in [0.2, 0.25) is 0 Å². The lowest BCUT2D eigenvalue weighted by Crippen LogP contribution is -2.40. The Morgan fingerprint density at radius 1 is 0.917 bits per heavy atom. The van der Waals surface area contributed by atoms with Gasteiger partial charge < -0.3 is 14.0 Å². The van der Waals surface area contributed by atoms with Crippen molar-refractivity contribution in [2.24, 2.45) is 4.99 Å². The minimum absolute atomic E-state index is 0.173. The van der Waals surface area contributed by atoms with Gasteiger partial charge in [0.25, 0.3) is 5.56 Å². The number of hydrogen-bond acceptors (Lipinski definition) is 6. The van der Waals surface area contributed by atoms with Crippen LogP contribution in [0.25, 0.3) is 22.7 Å². The van der Waals surface area contributed by atoms with Crippen LogP contribution in [0.15, 0.2) is 125 Å². The molecule has 9 heteroatoms. The number of fused-ring (bicyclic) bond motifs is 2. The molecule has 240 valence electrons. The van der Waals surface area contributed by atoms with Gasteiger partial charge in [-0.25, -0.2) is 14.2 Å². The van der Waals surface area contributed by atoms with Crippen molar-refractivity contribution in [3.8, 4) is 5.75 Å². The Hall–Kier alpha value is -5.54. The second kappa shape index (κ2) is 13.3. The number of rotatable bonds is 9. The molecule has 3 heterocycles. The smallest absolute Gasteiger partial charge is 0.338 e. The van der Waals surface area contributed by atoms with E-state index in [1.165, 1.54) is 23.5 Å². The minimum Gasteiger partial charge on any atom is -0.494 e. The lowest BCUT2D eigenvalue weighted by atomic mass is 9.93. The molecule has 48 heavy (non-hydrogen) atoms. The number of esters is 1. The highest BCUT2D eigenvalue weighted by atomic mass is 32.1. The van der Waals surface area contributed by atoms with Crippen LogP contribution in [0.5, 0.6) is 5.75 Å². The van der Waals surface area contributed by atoms with E-state index in [-0.39, 0.29) is 18.0 Å². The predicted octanol–water partition coefficient (Wildman–Crippen LogP) is 6.48. The van der Waals surface area contributed by atoms with Crippen LogP contribution in [0.2, 0.25) is 0 Å².